The van der Waals surface area contributed by atoms with Crippen molar-refractivity contribution >= 4 is 5.69 Å². The molecule has 11 heteroatoms. The third-order valence-corrected chi connectivity index (χ3v) is 3.16. The molecule has 2 N–H and O–H groups in total. The van der Waals surface area contributed by atoms with E-state index in [0.717, 1.165) is 0 Å². The normalized spacial score (nSPS) is 12.9. The predicted octanol–water partition coefficient (Wildman–Crippen LogP) is 3.59. The molecule has 0 aliphatic rings. The minimum Gasteiger partial charge on any atom is -0.399 e. The van der Waals surface area contributed by atoms with Gasteiger partial charge in [0.1, 0.15) is 0 Å². The lowest BCUT2D eigenvalue weighted by atomic mass is 10.1. The van der Waals surface area contributed by atoms with E-state index in [9.17, 15) is 30.7 Å². The molecule has 0 spiro atoms. The molecule has 1 heterocycles. The summed E-state index contributed by atoms with van der Waals surface area (Å²) in [7, 11) is 0. The number of alkyl halides is 7. The molecule has 0 aliphatic carbocycles. The van der Waals surface area contributed by atoms with E-state index >= 15 is 0 Å². The summed E-state index contributed by atoms with van der Waals surface area (Å²) in [5, 5.41) is 2.91. The number of hydrogen-bond acceptors (Lipinski definition) is 3. The van der Waals surface area contributed by atoms with Crippen LogP contribution in [0.5, 0.6) is 0 Å². The van der Waals surface area contributed by atoms with Crippen LogP contribution in [0.3, 0.4) is 0 Å². The highest BCUT2D eigenvalue weighted by atomic mass is 19.4. The van der Waals surface area contributed by atoms with Crippen molar-refractivity contribution in [2.24, 2.45) is 0 Å². The minimum absolute atomic E-state index is 0.125. The highest BCUT2D eigenvalue weighted by Gasteiger charge is 2.50. The van der Waals surface area contributed by atoms with Crippen molar-refractivity contribution in [2.75, 3.05) is 5.73 Å². The maximum absolute atomic E-state index is 13.5. The molecule has 0 atom stereocenters. The van der Waals surface area contributed by atoms with Crippen molar-refractivity contribution in [3.63, 3.8) is 0 Å². The van der Waals surface area contributed by atoms with E-state index < -0.39 is 36.7 Å². The average molecular weight is 356 g/mol. The van der Waals surface area contributed by atoms with E-state index in [-0.39, 0.29) is 10.2 Å². The molecule has 0 saturated carbocycles. The van der Waals surface area contributed by atoms with Crippen LogP contribution in [0.15, 0.2) is 18.2 Å². The van der Waals surface area contributed by atoms with Crippen LogP contribution in [-0.4, -0.2) is 21.2 Å². The van der Waals surface area contributed by atoms with Crippen molar-refractivity contribution < 1.29 is 30.7 Å². The Labute approximate surface area is 131 Å². The molecule has 132 valence electrons. The zero-order chi connectivity index (χ0) is 18.3. The van der Waals surface area contributed by atoms with E-state index in [4.69, 9.17) is 5.73 Å². The van der Waals surface area contributed by atoms with Crippen molar-refractivity contribution in [1.82, 2.24) is 14.8 Å². The fraction of sp³-hybridized carbons (Fsp3) is 0.385. The zero-order valence-electron chi connectivity index (χ0n) is 12.1. The van der Waals surface area contributed by atoms with Gasteiger partial charge in [-0.05, 0) is 24.1 Å². The summed E-state index contributed by atoms with van der Waals surface area (Å²) in [5.41, 5.74) is 6.76. The van der Waals surface area contributed by atoms with Gasteiger partial charge in [0.2, 0.25) is 5.82 Å². The SMILES string of the molecule is Cc1cc(Cn2nc(C(F)(F)F)nc2C(F)(F)C(F)F)ccc1N. The summed E-state index contributed by atoms with van der Waals surface area (Å²) in [6.07, 6.45) is -9.37. The molecule has 0 fully saturated rings. The van der Waals surface area contributed by atoms with Crippen LogP contribution in [0.25, 0.3) is 0 Å². The average Bonchev–Trinajstić information content (AvgIpc) is 2.87. The number of nitrogens with zero attached hydrogens (tertiary/aromatic N) is 3. The van der Waals surface area contributed by atoms with Gasteiger partial charge in [-0.2, -0.15) is 22.0 Å². The first-order valence-corrected chi connectivity index (χ1v) is 6.46. The third kappa shape index (κ3) is 3.44. The molecule has 2 rings (SSSR count). The van der Waals surface area contributed by atoms with E-state index in [1.54, 1.807) is 6.92 Å². The Morgan fingerprint density at radius 1 is 1.17 bits per heavy atom. The summed E-state index contributed by atoms with van der Waals surface area (Å²) in [5.74, 6) is -8.54. The van der Waals surface area contributed by atoms with E-state index in [0.29, 0.717) is 11.3 Å². The lowest BCUT2D eigenvalue weighted by Gasteiger charge is -2.15. The largest absolute Gasteiger partial charge is 0.453 e. The van der Waals surface area contributed by atoms with Crippen LogP contribution < -0.4 is 5.73 Å². The van der Waals surface area contributed by atoms with E-state index in [1.807, 2.05) is 0 Å². The van der Waals surface area contributed by atoms with Crippen LogP contribution in [0.4, 0.5) is 36.4 Å². The monoisotopic (exact) mass is 356 g/mol. The van der Waals surface area contributed by atoms with Gasteiger partial charge in [0, 0.05) is 5.69 Å². The zero-order valence-corrected chi connectivity index (χ0v) is 12.1. The molecule has 0 unspecified atom stereocenters. The van der Waals surface area contributed by atoms with Crippen molar-refractivity contribution in [3.8, 4) is 0 Å². The number of aryl methyl sites for hydroxylation is 1. The molecule has 0 aliphatic heterocycles. The first-order valence-electron chi connectivity index (χ1n) is 6.46. The van der Waals surface area contributed by atoms with Gasteiger partial charge >= 0.3 is 18.5 Å². The van der Waals surface area contributed by atoms with E-state index in [1.165, 1.54) is 18.2 Å². The van der Waals surface area contributed by atoms with Gasteiger partial charge in [-0.1, -0.05) is 12.1 Å². The lowest BCUT2D eigenvalue weighted by molar-refractivity contribution is -0.148. The van der Waals surface area contributed by atoms with Crippen LogP contribution in [0.2, 0.25) is 0 Å². The summed E-state index contributed by atoms with van der Waals surface area (Å²) in [4.78, 5) is 2.58. The molecule has 24 heavy (non-hydrogen) atoms. The van der Waals surface area contributed by atoms with Crippen molar-refractivity contribution in [2.45, 2.75) is 32.0 Å². The standard InChI is InChI=1S/C13H11F7N4/c1-6-4-7(2-3-8(6)21)5-24-11(12(16,17)9(14)15)22-10(23-24)13(18,19)20/h2-4,9H,5,21H2,1H3. The second-order valence-electron chi connectivity index (χ2n) is 5.03. The fourth-order valence-electron chi connectivity index (χ4n) is 1.93. The second kappa shape index (κ2) is 5.95. The van der Waals surface area contributed by atoms with Gasteiger partial charge in [-0.3, -0.25) is 0 Å². The number of halogens is 7. The molecule has 1 aromatic carbocycles. The second-order valence-corrected chi connectivity index (χ2v) is 5.03. The Morgan fingerprint density at radius 2 is 1.79 bits per heavy atom. The Bertz CT molecular complexity index is 736. The molecular weight excluding hydrogens is 345 g/mol. The van der Waals surface area contributed by atoms with Crippen LogP contribution >= 0.6 is 0 Å². The molecule has 0 radical (unpaired) electrons. The predicted molar refractivity (Wildman–Crippen MR) is 69.6 cm³/mol. The van der Waals surface area contributed by atoms with E-state index in [2.05, 4.69) is 10.1 Å². The number of nitrogens with two attached hydrogens (primary N) is 1. The summed E-state index contributed by atoms with van der Waals surface area (Å²) in [6.45, 7) is 0.998. The first kappa shape index (κ1) is 18.0. The molecule has 1 aromatic heterocycles. The number of hydrogen-bond donors (Lipinski definition) is 1. The van der Waals surface area contributed by atoms with Crippen LogP contribution in [0, 0.1) is 6.92 Å². The summed E-state index contributed by atoms with van der Waals surface area (Å²) in [6, 6.07) is 4.20. The summed E-state index contributed by atoms with van der Waals surface area (Å²) >= 11 is 0. The molecule has 0 bridgehead atoms. The van der Waals surface area contributed by atoms with Crippen molar-refractivity contribution in [1.29, 1.82) is 0 Å². The van der Waals surface area contributed by atoms with Gasteiger partial charge in [-0.25, -0.2) is 18.4 Å². The third-order valence-electron chi connectivity index (χ3n) is 3.16. The number of anilines is 1. The van der Waals surface area contributed by atoms with Gasteiger partial charge in [-0.15, -0.1) is 5.10 Å². The number of aromatic nitrogens is 3. The molecular formula is C13H11F7N4. The number of nitrogen functional groups attached to an aromatic ring is 1. The van der Waals surface area contributed by atoms with Crippen LogP contribution in [0.1, 0.15) is 22.8 Å². The number of benzene rings is 1. The molecule has 2 aromatic rings. The maximum Gasteiger partial charge on any atom is 0.453 e. The Morgan fingerprint density at radius 3 is 2.29 bits per heavy atom. The maximum atomic E-state index is 13.5. The van der Waals surface area contributed by atoms with Gasteiger partial charge in [0.15, 0.2) is 0 Å². The Hall–Kier alpha value is -2.33. The van der Waals surface area contributed by atoms with Gasteiger partial charge in [0.05, 0.1) is 6.54 Å². The Balaban J connectivity index is 2.51. The first-order chi connectivity index (χ1) is 10.9. The molecule has 4 nitrogen and oxygen atoms in total. The van der Waals surface area contributed by atoms with Gasteiger partial charge < -0.3 is 5.73 Å². The number of rotatable bonds is 4. The summed E-state index contributed by atoms with van der Waals surface area (Å²) < 4.78 is 90.1. The fourth-order valence-corrected chi connectivity index (χ4v) is 1.93. The smallest absolute Gasteiger partial charge is 0.399 e. The van der Waals surface area contributed by atoms with Crippen LogP contribution in [-0.2, 0) is 18.6 Å². The highest BCUT2D eigenvalue weighted by molar-refractivity contribution is 5.47. The lowest BCUT2D eigenvalue weighted by Crippen LogP contribution is -2.28. The van der Waals surface area contributed by atoms with Crippen molar-refractivity contribution in [3.05, 3.63) is 41.0 Å². The highest BCUT2D eigenvalue weighted by Crippen LogP contribution is 2.36. The van der Waals surface area contributed by atoms with Gasteiger partial charge in [0.25, 0.3) is 5.82 Å². The minimum atomic E-state index is -5.14. The topological polar surface area (TPSA) is 56.7 Å². The molecule has 0 amide bonds. The molecule has 0 saturated heterocycles. The quantitative estimate of drug-likeness (QED) is 0.673. The Kier molecular flexibility index (Phi) is 4.46.